The van der Waals surface area contributed by atoms with Gasteiger partial charge in [-0.1, -0.05) is 6.42 Å². The van der Waals surface area contributed by atoms with Gasteiger partial charge in [-0.15, -0.1) is 0 Å². The Labute approximate surface area is 156 Å². The van der Waals surface area contributed by atoms with E-state index in [-0.39, 0.29) is 10.8 Å². The van der Waals surface area contributed by atoms with E-state index in [0.29, 0.717) is 25.2 Å². The molecule has 0 bridgehead atoms. The van der Waals surface area contributed by atoms with Crippen LogP contribution in [0.15, 0.2) is 29.2 Å². The Hall–Kier alpha value is -1.44. The molecule has 2 saturated heterocycles. The Morgan fingerprint density at radius 3 is 2.19 bits per heavy atom. The Balaban J connectivity index is 1.50. The molecule has 26 heavy (non-hydrogen) atoms. The van der Waals surface area contributed by atoms with E-state index in [0.717, 1.165) is 32.2 Å². The van der Waals surface area contributed by atoms with Gasteiger partial charge in [-0.05, 0) is 76.0 Å². The zero-order chi connectivity index (χ0) is 18.4. The molecule has 1 aromatic carbocycles. The fraction of sp³-hybridized carbons (Fsp3) is 0.632. The summed E-state index contributed by atoms with van der Waals surface area (Å²) >= 11 is 0. The number of hydrogen-bond donors (Lipinski definition) is 1. The van der Waals surface area contributed by atoms with Crippen molar-refractivity contribution in [1.29, 1.82) is 0 Å². The average molecular weight is 380 g/mol. The maximum atomic E-state index is 12.6. The predicted molar refractivity (Wildman–Crippen MR) is 102 cm³/mol. The number of hydrogen-bond acceptors (Lipinski definition) is 4. The Bertz CT molecular complexity index is 691. The molecule has 2 aliphatic rings. The first kappa shape index (κ1) is 19.3. The molecule has 2 heterocycles. The number of likely N-dealkylation sites (tertiary alicyclic amines) is 1. The summed E-state index contributed by atoms with van der Waals surface area (Å²) in [6.45, 7) is 5.17. The quantitative estimate of drug-likeness (QED) is 0.737. The van der Waals surface area contributed by atoms with Crippen molar-refractivity contribution >= 4 is 15.9 Å². The number of amides is 1. The predicted octanol–water partition coefficient (Wildman–Crippen LogP) is 2.08. The fourth-order valence-corrected chi connectivity index (χ4v) is 5.16. The van der Waals surface area contributed by atoms with E-state index in [1.165, 1.54) is 25.9 Å². The van der Waals surface area contributed by atoms with Crippen LogP contribution < -0.4 is 5.32 Å². The van der Waals surface area contributed by atoms with Crippen LogP contribution in [0, 0.1) is 0 Å². The number of sulfonamides is 1. The van der Waals surface area contributed by atoms with Crippen LogP contribution in [0.1, 0.15) is 48.9 Å². The molecule has 1 amide bonds. The highest BCUT2D eigenvalue weighted by Crippen LogP contribution is 2.20. The van der Waals surface area contributed by atoms with E-state index in [1.807, 2.05) is 0 Å². The van der Waals surface area contributed by atoms with E-state index < -0.39 is 10.0 Å². The summed E-state index contributed by atoms with van der Waals surface area (Å²) in [4.78, 5) is 14.9. The third kappa shape index (κ3) is 4.84. The first-order valence-corrected chi connectivity index (χ1v) is 11.1. The molecule has 0 unspecified atom stereocenters. The third-order valence-corrected chi connectivity index (χ3v) is 7.12. The highest BCUT2D eigenvalue weighted by molar-refractivity contribution is 7.89. The number of nitrogens with one attached hydrogen (secondary N) is 1. The van der Waals surface area contributed by atoms with Gasteiger partial charge in [0.15, 0.2) is 0 Å². The van der Waals surface area contributed by atoms with Gasteiger partial charge in [0.05, 0.1) is 4.90 Å². The Kier molecular flexibility index (Phi) is 6.67. The summed E-state index contributed by atoms with van der Waals surface area (Å²) in [5, 5.41) is 2.92. The second kappa shape index (κ2) is 8.97. The van der Waals surface area contributed by atoms with Crippen LogP contribution in [0.2, 0.25) is 0 Å². The summed E-state index contributed by atoms with van der Waals surface area (Å²) in [5.41, 5.74) is 0.503. The highest BCUT2D eigenvalue weighted by atomic mass is 32.2. The Morgan fingerprint density at radius 2 is 1.54 bits per heavy atom. The van der Waals surface area contributed by atoms with Gasteiger partial charge in [0, 0.05) is 25.2 Å². The molecule has 7 heteroatoms. The second-order valence-electron chi connectivity index (χ2n) is 7.15. The number of nitrogens with zero attached hydrogens (tertiary/aromatic N) is 2. The molecule has 0 aromatic heterocycles. The minimum absolute atomic E-state index is 0.145. The van der Waals surface area contributed by atoms with Gasteiger partial charge in [-0.3, -0.25) is 4.79 Å². The maximum Gasteiger partial charge on any atom is 0.251 e. The number of rotatable bonds is 7. The van der Waals surface area contributed by atoms with Gasteiger partial charge in [-0.25, -0.2) is 8.42 Å². The smallest absolute Gasteiger partial charge is 0.251 e. The molecule has 1 aromatic rings. The average Bonchev–Trinajstić information content (AvgIpc) is 3.19. The summed E-state index contributed by atoms with van der Waals surface area (Å²) in [5.74, 6) is -0.145. The van der Waals surface area contributed by atoms with Gasteiger partial charge in [0.1, 0.15) is 0 Å². The highest BCUT2D eigenvalue weighted by Gasteiger charge is 2.25. The lowest BCUT2D eigenvalue weighted by Crippen LogP contribution is -2.35. The number of carbonyl (C=O) groups excluding carboxylic acids is 1. The first-order valence-electron chi connectivity index (χ1n) is 9.68. The minimum Gasteiger partial charge on any atom is -0.352 e. The molecule has 0 radical (unpaired) electrons. The van der Waals surface area contributed by atoms with E-state index >= 15 is 0 Å². The molecule has 2 aliphatic heterocycles. The Morgan fingerprint density at radius 1 is 0.923 bits per heavy atom. The van der Waals surface area contributed by atoms with Crippen molar-refractivity contribution in [3.63, 3.8) is 0 Å². The molecule has 0 atom stereocenters. The normalized spacial score (nSPS) is 19.5. The standard InChI is InChI=1S/C19H29N3O3S/c23-19(20-11-6-14-21-12-4-5-13-21)17-7-9-18(10-8-17)26(24,25)22-15-2-1-3-16-22/h7-10H,1-6,11-16H2,(H,20,23). The molecule has 0 saturated carbocycles. The molecule has 0 spiro atoms. The van der Waals surface area contributed by atoms with E-state index in [1.54, 1.807) is 28.6 Å². The van der Waals surface area contributed by atoms with Crippen LogP contribution in [0.4, 0.5) is 0 Å². The van der Waals surface area contributed by atoms with Crippen LogP contribution >= 0.6 is 0 Å². The summed E-state index contributed by atoms with van der Waals surface area (Å²) in [7, 11) is -3.44. The molecule has 1 N–H and O–H groups in total. The van der Waals surface area contributed by atoms with Crippen molar-refractivity contribution < 1.29 is 13.2 Å². The van der Waals surface area contributed by atoms with Crippen LogP contribution in [0.3, 0.4) is 0 Å². The lowest BCUT2D eigenvalue weighted by Gasteiger charge is -2.25. The lowest BCUT2D eigenvalue weighted by atomic mass is 10.2. The number of benzene rings is 1. The maximum absolute atomic E-state index is 12.6. The number of piperidine rings is 1. The number of carbonyl (C=O) groups is 1. The largest absolute Gasteiger partial charge is 0.352 e. The SMILES string of the molecule is O=C(NCCCN1CCCC1)c1ccc(S(=O)(=O)N2CCCCC2)cc1. The molecular formula is C19H29N3O3S. The van der Waals surface area contributed by atoms with Gasteiger partial charge in [-0.2, -0.15) is 4.31 Å². The second-order valence-corrected chi connectivity index (χ2v) is 9.09. The van der Waals surface area contributed by atoms with Crippen molar-refractivity contribution in [2.24, 2.45) is 0 Å². The molecule has 6 nitrogen and oxygen atoms in total. The van der Waals surface area contributed by atoms with Crippen LogP contribution in [-0.4, -0.2) is 62.8 Å². The van der Waals surface area contributed by atoms with Gasteiger partial charge in [0.25, 0.3) is 5.91 Å². The molecule has 3 rings (SSSR count). The summed E-state index contributed by atoms with van der Waals surface area (Å²) < 4.78 is 26.8. The van der Waals surface area contributed by atoms with Crippen LogP contribution in [0.5, 0.6) is 0 Å². The zero-order valence-electron chi connectivity index (χ0n) is 15.3. The topological polar surface area (TPSA) is 69.7 Å². The zero-order valence-corrected chi connectivity index (χ0v) is 16.1. The monoisotopic (exact) mass is 379 g/mol. The van der Waals surface area contributed by atoms with Crippen molar-refractivity contribution in [3.05, 3.63) is 29.8 Å². The summed E-state index contributed by atoms with van der Waals surface area (Å²) in [6.07, 6.45) is 6.41. The van der Waals surface area contributed by atoms with Crippen LogP contribution in [-0.2, 0) is 10.0 Å². The molecular weight excluding hydrogens is 350 g/mol. The third-order valence-electron chi connectivity index (χ3n) is 5.20. The van der Waals surface area contributed by atoms with Crippen LogP contribution in [0.25, 0.3) is 0 Å². The van der Waals surface area contributed by atoms with Gasteiger partial charge >= 0.3 is 0 Å². The molecule has 144 valence electrons. The van der Waals surface area contributed by atoms with Crippen molar-refractivity contribution in [2.75, 3.05) is 39.3 Å². The minimum atomic E-state index is -3.44. The van der Waals surface area contributed by atoms with Crippen molar-refractivity contribution in [1.82, 2.24) is 14.5 Å². The van der Waals surface area contributed by atoms with Gasteiger partial charge < -0.3 is 10.2 Å². The molecule has 2 fully saturated rings. The fourth-order valence-electron chi connectivity index (χ4n) is 3.65. The molecule has 0 aliphatic carbocycles. The van der Waals surface area contributed by atoms with E-state index in [4.69, 9.17) is 0 Å². The lowest BCUT2D eigenvalue weighted by molar-refractivity contribution is 0.0952. The summed E-state index contributed by atoms with van der Waals surface area (Å²) in [6, 6.07) is 6.30. The van der Waals surface area contributed by atoms with Crippen molar-refractivity contribution in [3.8, 4) is 0 Å². The van der Waals surface area contributed by atoms with Gasteiger partial charge in [0.2, 0.25) is 10.0 Å². The van der Waals surface area contributed by atoms with Crippen molar-refractivity contribution in [2.45, 2.75) is 43.4 Å². The van der Waals surface area contributed by atoms with E-state index in [2.05, 4.69) is 10.2 Å². The first-order chi connectivity index (χ1) is 12.6. The van der Waals surface area contributed by atoms with E-state index in [9.17, 15) is 13.2 Å².